The van der Waals surface area contributed by atoms with Crippen molar-refractivity contribution in [3.05, 3.63) is 34.8 Å². The van der Waals surface area contributed by atoms with E-state index in [2.05, 4.69) is 19.9 Å². The van der Waals surface area contributed by atoms with Crippen LogP contribution in [0.1, 0.15) is 11.4 Å². The lowest BCUT2D eigenvalue weighted by Gasteiger charge is -2.00. The van der Waals surface area contributed by atoms with Crippen LogP contribution in [-0.4, -0.2) is 14.5 Å². The van der Waals surface area contributed by atoms with Crippen LogP contribution in [0.25, 0.3) is 0 Å². The minimum absolute atomic E-state index is 0.829. The summed E-state index contributed by atoms with van der Waals surface area (Å²) in [5.41, 5.74) is 4.12. The average Bonchev–Trinajstić information content (AvgIpc) is 2.65. The molecule has 2 heterocycles. The Bertz CT molecular complexity index is 350. The molecule has 2 aromatic rings. The Labute approximate surface area is 74.7 Å². The predicted octanol–water partition coefficient (Wildman–Crippen LogP) is 1.70. The van der Waals surface area contributed by atoms with Crippen molar-refractivity contribution in [3.63, 3.8) is 0 Å². The first-order chi connectivity index (χ1) is 5.86. The lowest BCUT2D eigenvalue weighted by atomic mass is 10.4. The number of imidazole rings is 1. The maximum Gasteiger partial charge on any atom is 0.0951 e. The van der Waals surface area contributed by atoms with Crippen molar-refractivity contribution >= 4 is 11.3 Å². The van der Waals surface area contributed by atoms with Gasteiger partial charge in [-0.2, -0.15) is 0 Å². The molecule has 0 bridgehead atoms. The molecule has 0 unspecified atom stereocenters. The van der Waals surface area contributed by atoms with Gasteiger partial charge in [0.2, 0.25) is 0 Å². The molecule has 0 atom stereocenters. The molecule has 0 radical (unpaired) electrons. The van der Waals surface area contributed by atoms with E-state index in [1.54, 1.807) is 11.3 Å². The molecule has 0 aromatic carbocycles. The lowest BCUT2D eigenvalue weighted by Crippen LogP contribution is -1.99. The van der Waals surface area contributed by atoms with Gasteiger partial charge in [0.25, 0.3) is 0 Å². The summed E-state index contributed by atoms with van der Waals surface area (Å²) in [5.74, 6) is 0. The molecule has 0 fully saturated rings. The third-order valence-corrected chi connectivity index (χ3v) is 2.37. The van der Waals surface area contributed by atoms with Crippen LogP contribution in [0.4, 0.5) is 0 Å². The second-order valence-corrected chi connectivity index (χ2v) is 3.36. The molecule has 62 valence electrons. The van der Waals surface area contributed by atoms with Crippen molar-refractivity contribution in [1.29, 1.82) is 0 Å². The van der Waals surface area contributed by atoms with Gasteiger partial charge in [-0.15, -0.1) is 11.3 Å². The van der Waals surface area contributed by atoms with E-state index >= 15 is 0 Å². The van der Waals surface area contributed by atoms with Gasteiger partial charge in [0.15, 0.2) is 0 Å². The van der Waals surface area contributed by atoms with Crippen molar-refractivity contribution in [2.75, 3.05) is 0 Å². The fourth-order valence-corrected chi connectivity index (χ4v) is 1.59. The second kappa shape index (κ2) is 3.06. The first kappa shape index (κ1) is 7.49. The van der Waals surface area contributed by atoms with Gasteiger partial charge in [-0.05, 0) is 6.92 Å². The Hall–Kier alpha value is -1.16. The van der Waals surface area contributed by atoms with E-state index in [0.717, 1.165) is 12.2 Å². The maximum absolute atomic E-state index is 4.20. The van der Waals surface area contributed by atoms with Gasteiger partial charge < -0.3 is 4.57 Å². The molecule has 3 nitrogen and oxygen atoms in total. The molecule has 12 heavy (non-hydrogen) atoms. The van der Waals surface area contributed by atoms with Gasteiger partial charge in [-0.3, -0.25) is 0 Å². The average molecular weight is 179 g/mol. The Morgan fingerprint density at radius 2 is 2.50 bits per heavy atom. The van der Waals surface area contributed by atoms with Crippen LogP contribution in [-0.2, 0) is 6.54 Å². The SMILES string of the molecule is Cc1cncn1Cc1cscn1. The first-order valence-electron chi connectivity index (χ1n) is 3.70. The summed E-state index contributed by atoms with van der Waals surface area (Å²) in [7, 11) is 0. The zero-order valence-corrected chi connectivity index (χ0v) is 7.58. The number of nitrogens with zero attached hydrogens (tertiary/aromatic N) is 3. The van der Waals surface area contributed by atoms with Gasteiger partial charge in [0, 0.05) is 17.3 Å². The first-order valence-corrected chi connectivity index (χ1v) is 4.64. The van der Waals surface area contributed by atoms with E-state index < -0.39 is 0 Å². The summed E-state index contributed by atoms with van der Waals surface area (Å²) in [6.07, 6.45) is 3.68. The van der Waals surface area contributed by atoms with Crippen LogP contribution in [0.3, 0.4) is 0 Å². The van der Waals surface area contributed by atoms with E-state index in [1.807, 2.05) is 25.0 Å². The fraction of sp³-hybridized carbons (Fsp3) is 0.250. The van der Waals surface area contributed by atoms with Crippen LogP contribution in [0.5, 0.6) is 0 Å². The van der Waals surface area contributed by atoms with Gasteiger partial charge >= 0.3 is 0 Å². The maximum atomic E-state index is 4.20. The third-order valence-electron chi connectivity index (χ3n) is 1.74. The Kier molecular flexibility index (Phi) is 1.91. The number of hydrogen-bond acceptors (Lipinski definition) is 3. The van der Waals surface area contributed by atoms with E-state index in [1.165, 1.54) is 5.69 Å². The van der Waals surface area contributed by atoms with Crippen molar-refractivity contribution in [3.8, 4) is 0 Å². The summed E-state index contributed by atoms with van der Waals surface area (Å²) in [6.45, 7) is 2.87. The normalized spacial score (nSPS) is 10.4. The second-order valence-electron chi connectivity index (χ2n) is 2.64. The monoisotopic (exact) mass is 179 g/mol. The largest absolute Gasteiger partial charge is 0.329 e. The summed E-state index contributed by atoms with van der Waals surface area (Å²) < 4.78 is 2.08. The fourth-order valence-electron chi connectivity index (χ4n) is 1.04. The molecular formula is C8H9N3S. The molecular weight excluding hydrogens is 170 g/mol. The minimum atomic E-state index is 0.829. The highest BCUT2D eigenvalue weighted by molar-refractivity contribution is 7.07. The zero-order valence-electron chi connectivity index (χ0n) is 6.77. The van der Waals surface area contributed by atoms with Crippen LogP contribution >= 0.6 is 11.3 Å². The number of thiazole rings is 1. The topological polar surface area (TPSA) is 30.7 Å². The van der Waals surface area contributed by atoms with Gasteiger partial charge in [0.1, 0.15) is 0 Å². The molecule has 2 aromatic heterocycles. The Morgan fingerprint density at radius 3 is 3.08 bits per heavy atom. The molecule has 0 spiro atoms. The highest BCUT2D eigenvalue weighted by atomic mass is 32.1. The van der Waals surface area contributed by atoms with E-state index in [9.17, 15) is 0 Å². The molecule has 4 heteroatoms. The van der Waals surface area contributed by atoms with Crippen LogP contribution < -0.4 is 0 Å². The zero-order chi connectivity index (χ0) is 8.39. The lowest BCUT2D eigenvalue weighted by molar-refractivity contribution is 0.754. The number of aromatic nitrogens is 3. The van der Waals surface area contributed by atoms with Gasteiger partial charge in [0.05, 0.1) is 24.1 Å². The number of hydrogen-bond donors (Lipinski definition) is 0. The Morgan fingerprint density at radius 1 is 1.58 bits per heavy atom. The number of aryl methyl sites for hydroxylation is 1. The Balaban J connectivity index is 2.20. The third kappa shape index (κ3) is 1.38. The van der Waals surface area contributed by atoms with Gasteiger partial charge in [-0.1, -0.05) is 0 Å². The van der Waals surface area contributed by atoms with Crippen LogP contribution in [0.15, 0.2) is 23.4 Å². The van der Waals surface area contributed by atoms with Crippen molar-refractivity contribution in [2.24, 2.45) is 0 Å². The van der Waals surface area contributed by atoms with E-state index in [-0.39, 0.29) is 0 Å². The summed E-state index contributed by atoms with van der Waals surface area (Å²) in [4.78, 5) is 8.24. The standard InChI is InChI=1S/C8H9N3S/c1-7-2-9-5-11(7)3-8-4-12-6-10-8/h2,4-6H,3H2,1H3. The van der Waals surface area contributed by atoms with E-state index in [4.69, 9.17) is 0 Å². The predicted molar refractivity (Wildman–Crippen MR) is 48.2 cm³/mol. The van der Waals surface area contributed by atoms with E-state index in [0.29, 0.717) is 0 Å². The summed E-state index contributed by atoms with van der Waals surface area (Å²) in [6, 6.07) is 0. The molecule has 0 aliphatic carbocycles. The molecule has 0 aliphatic rings. The summed E-state index contributed by atoms with van der Waals surface area (Å²) in [5, 5.41) is 2.06. The molecule has 0 aliphatic heterocycles. The molecule has 0 saturated heterocycles. The summed E-state index contributed by atoms with van der Waals surface area (Å²) >= 11 is 1.62. The molecule has 0 N–H and O–H groups in total. The quantitative estimate of drug-likeness (QED) is 0.702. The van der Waals surface area contributed by atoms with Crippen LogP contribution in [0.2, 0.25) is 0 Å². The highest BCUT2D eigenvalue weighted by Crippen LogP contribution is 2.05. The van der Waals surface area contributed by atoms with Crippen molar-refractivity contribution < 1.29 is 0 Å². The smallest absolute Gasteiger partial charge is 0.0951 e. The molecule has 0 amide bonds. The molecule has 2 rings (SSSR count). The van der Waals surface area contributed by atoms with Crippen molar-refractivity contribution in [1.82, 2.24) is 14.5 Å². The minimum Gasteiger partial charge on any atom is -0.329 e. The van der Waals surface area contributed by atoms with Crippen molar-refractivity contribution in [2.45, 2.75) is 13.5 Å². The van der Waals surface area contributed by atoms with Gasteiger partial charge in [-0.25, -0.2) is 9.97 Å². The van der Waals surface area contributed by atoms with Crippen LogP contribution in [0, 0.1) is 6.92 Å². The number of rotatable bonds is 2. The highest BCUT2D eigenvalue weighted by Gasteiger charge is 1.98. The molecule has 0 saturated carbocycles.